The lowest BCUT2D eigenvalue weighted by atomic mass is 9.59. The summed E-state index contributed by atoms with van der Waals surface area (Å²) in [5.41, 5.74) is 1.10. The molecule has 6 rings (SSSR count). The second kappa shape index (κ2) is 10.1. The number of rotatable bonds is 5. The van der Waals surface area contributed by atoms with Crippen LogP contribution in [0.1, 0.15) is 50.3 Å². The third-order valence-corrected chi connectivity index (χ3v) is 9.21. The average molecular weight is 539 g/mol. The number of carbonyl (C=O) groups is 2. The van der Waals surface area contributed by atoms with Gasteiger partial charge in [0.2, 0.25) is 5.91 Å². The summed E-state index contributed by atoms with van der Waals surface area (Å²) in [7, 11) is 0. The number of ether oxygens (including phenoxy) is 1. The lowest BCUT2D eigenvalue weighted by Crippen LogP contribution is -2.51. The Balaban J connectivity index is 1.20. The Labute approximate surface area is 226 Å². The van der Waals surface area contributed by atoms with Crippen LogP contribution in [0.15, 0.2) is 48.7 Å². The monoisotopic (exact) mass is 538 g/mol. The van der Waals surface area contributed by atoms with Crippen LogP contribution in [-0.4, -0.2) is 41.0 Å². The van der Waals surface area contributed by atoms with Crippen LogP contribution in [0.25, 0.3) is 17.2 Å². The van der Waals surface area contributed by atoms with E-state index in [2.05, 4.69) is 11.1 Å². The van der Waals surface area contributed by atoms with Crippen LogP contribution in [0.3, 0.4) is 0 Å². The second-order valence-electron chi connectivity index (χ2n) is 11.7. The minimum absolute atomic E-state index is 0.0908. The highest BCUT2D eigenvalue weighted by Crippen LogP contribution is 2.52. The number of aromatic nitrogens is 1. The largest absolute Gasteiger partial charge is 0.462 e. The Morgan fingerprint density at radius 2 is 1.97 bits per heavy atom. The van der Waals surface area contributed by atoms with Gasteiger partial charge in [-0.25, -0.2) is 0 Å². The molecule has 1 aromatic carbocycles. The highest BCUT2D eigenvalue weighted by atomic mass is 19.4. The fourth-order valence-electron chi connectivity index (χ4n) is 7.04. The van der Waals surface area contributed by atoms with Crippen molar-refractivity contribution >= 4 is 18.0 Å². The van der Waals surface area contributed by atoms with Crippen molar-refractivity contribution < 1.29 is 27.5 Å². The van der Waals surface area contributed by atoms with Crippen molar-refractivity contribution in [3.05, 3.63) is 59.9 Å². The van der Waals surface area contributed by atoms with Crippen molar-refractivity contribution in [2.45, 2.75) is 51.3 Å². The highest BCUT2D eigenvalue weighted by molar-refractivity contribution is 5.77. The molecule has 6 atom stereocenters. The first-order chi connectivity index (χ1) is 18.7. The van der Waals surface area contributed by atoms with Crippen LogP contribution in [0.5, 0.6) is 0 Å². The van der Waals surface area contributed by atoms with E-state index in [9.17, 15) is 22.8 Å². The number of amides is 1. The Morgan fingerprint density at radius 3 is 2.69 bits per heavy atom. The Hall–Kier alpha value is -3.16. The lowest BCUT2D eigenvalue weighted by Gasteiger charge is -2.48. The minimum atomic E-state index is -4.40. The number of esters is 1. The second-order valence-corrected chi connectivity index (χ2v) is 11.7. The topological polar surface area (TPSA) is 59.5 Å². The number of fused-ring (bicyclic) bond motifs is 2. The maximum Gasteiger partial charge on any atom is 0.416 e. The van der Waals surface area contributed by atoms with Crippen molar-refractivity contribution in [1.82, 2.24) is 9.88 Å². The zero-order valence-electron chi connectivity index (χ0n) is 21.9. The molecule has 1 aromatic heterocycles. The minimum Gasteiger partial charge on any atom is -0.462 e. The molecule has 0 bridgehead atoms. The van der Waals surface area contributed by atoms with E-state index in [0.717, 1.165) is 44.4 Å². The quantitative estimate of drug-likeness (QED) is 0.423. The van der Waals surface area contributed by atoms with E-state index in [0.29, 0.717) is 41.6 Å². The number of nitrogens with zero attached hydrogens (tertiary/aromatic N) is 2. The van der Waals surface area contributed by atoms with E-state index in [1.54, 1.807) is 18.3 Å². The molecule has 4 aliphatic rings. The number of allylic oxidation sites excluding steroid dienone is 1. The molecule has 5 unspecified atom stereocenters. The third-order valence-electron chi connectivity index (χ3n) is 9.21. The fourth-order valence-corrected chi connectivity index (χ4v) is 7.04. The number of carbonyl (C=O) groups excluding carboxylic acids is 2. The smallest absolute Gasteiger partial charge is 0.416 e. The number of hydrogen-bond donors (Lipinski definition) is 0. The molecule has 3 heterocycles. The predicted octanol–water partition coefficient (Wildman–Crippen LogP) is 6.24. The van der Waals surface area contributed by atoms with Gasteiger partial charge in [0.1, 0.15) is 6.10 Å². The summed E-state index contributed by atoms with van der Waals surface area (Å²) in [5.74, 6) is 1.34. The molecule has 0 N–H and O–H groups in total. The zero-order valence-corrected chi connectivity index (χ0v) is 21.9. The van der Waals surface area contributed by atoms with Crippen LogP contribution < -0.4 is 0 Å². The summed E-state index contributed by atoms with van der Waals surface area (Å²) in [6.07, 6.45) is 5.77. The van der Waals surface area contributed by atoms with E-state index in [-0.39, 0.29) is 41.7 Å². The fraction of sp³-hybridized carbons (Fsp3) is 0.516. The van der Waals surface area contributed by atoms with Crippen LogP contribution in [0, 0.1) is 35.5 Å². The molecule has 2 aliphatic carbocycles. The maximum absolute atomic E-state index is 13.1. The van der Waals surface area contributed by atoms with Gasteiger partial charge in [0.05, 0.1) is 17.2 Å². The van der Waals surface area contributed by atoms with Crippen molar-refractivity contribution in [3.8, 4) is 11.1 Å². The van der Waals surface area contributed by atoms with Gasteiger partial charge in [0.15, 0.2) is 0 Å². The Kier molecular flexibility index (Phi) is 6.76. The molecule has 8 heteroatoms. The van der Waals surface area contributed by atoms with Crippen molar-refractivity contribution in [1.29, 1.82) is 0 Å². The van der Waals surface area contributed by atoms with Crippen molar-refractivity contribution in [2.24, 2.45) is 35.5 Å². The number of alkyl halides is 3. The molecule has 5 nitrogen and oxygen atoms in total. The zero-order chi connectivity index (χ0) is 27.3. The van der Waals surface area contributed by atoms with Gasteiger partial charge in [-0.05, 0) is 86.1 Å². The van der Waals surface area contributed by atoms with E-state index in [4.69, 9.17) is 4.74 Å². The average Bonchev–Trinajstić information content (AvgIpc) is 3.69. The van der Waals surface area contributed by atoms with Gasteiger partial charge in [0, 0.05) is 37.2 Å². The summed E-state index contributed by atoms with van der Waals surface area (Å²) in [4.78, 5) is 32.1. The number of cyclic esters (lactones) is 1. The Bertz CT molecular complexity index is 1270. The van der Waals surface area contributed by atoms with Crippen LogP contribution in [0.2, 0.25) is 0 Å². The van der Waals surface area contributed by atoms with E-state index < -0.39 is 11.7 Å². The van der Waals surface area contributed by atoms with Crippen molar-refractivity contribution in [3.63, 3.8) is 0 Å². The van der Waals surface area contributed by atoms with Crippen LogP contribution in [0.4, 0.5) is 13.2 Å². The van der Waals surface area contributed by atoms with Gasteiger partial charge in [-0.15, -0.1) is 0 Å². The summed E-state index contributed by atoms with van der Waals surface area (Å²) < 4.78 is 45.1. The number of halogens is 3. The standard InChI is InChI=1S/C31H33F3N2O3/c1-18-29-26(10-9-24-8-7-21(16-35-24)20-3-2-4-23(14-20)31(32,33)34)25-11-12-36(28(37)13-19-5-6-19)17-22(25)15-27(29)30(38)39-18/h2-4,7-10,14,16,18-19,22,25-27,29H,5-6,11-13,15,17H2,1H3/b10-9+/t18-,22?,25?,26?,27?,29?/m1/s1. The SMILES string of the molecule is C[C@H]1OC(=O)C2CC3CN(C(=O)CC4CC4)CCC3C(/C=C/c3ccc(-c4cccc(C(F)(F)F)c4)cn3)C21. The van der Waals surface area contributed by atoms with E-state index >= 15 is 0 Å². The molecule has 0 spiro atoms. The molecule has 1 amide bonds. The number of likely N-dealkylation sites (tertiary alicyclic amines) is 1. The molecule has 39 heavy (non-hydrogen) atoms. The molecule has 2 saturated carbocycles. The van der Waals surface area contributed by atoms with Crippen LogP contribution in [-0.2, 0) is 20.5 Å². The van der Waals surface area contributed by atoms with Gasteiger partial charge < -0.3 is 9.64 Å². The summed E-state index contributed by atoms with van der Waals surface area (Å²) in [6.45, 7) is 3.43. The first kappa shape index (κ1) is 26.1. The number of piperidine rings is 1. The molecule has 2 saturated heterocycles. The number of benzene rings is 1. The first-order valence-electron chi connectivity index (χ1n) is 14.0. The van der Waals surface area contributed by atoms with Crippen LogP contribution >= 0.6 is 0 Å². The maximum atomic E-state index is 13.1. The molecule has 0 radical (unpaired) electrons. The molecule has 4 fully saturated rings. The molecule has 206 valence electrons. The predicted molar refractivity (Wildman–Crippen MR) is 140 cm³/mol. The highest BCUT2D eigenvalue weighted by Gasteiger charge is 2.54. The van der Waals surface area contributed by atoms with Gasteiger partial charge in [-0.1, -0.05) is 24.3 Å². The van der Waals surface area contributed by atoms with Gasteiger partial charge in [0.25, 0.3) is 0 Å². The van der Waals surface area contributed by atoms with Gasteiger partial charge >= 0.3 is 12.1 Å². The summed E-state index contributed by atoms with van der Waals surface area (Å²) >= 11 is 0. The molecule has 2 aliphatic heterocycles. The normalized spacial score (nSPS) is 30.7. The van der Waals surface area contributed by atoms with E-state index in [1.165, 1.54) is 6.07 Å². The first-order valence-corrected chi connectivity index (χ1v) is 14.0. The molecular weight excluding hydrogens is 505 g/mol. The van der Waals surface area contributed by atoms with Crippen molar-refractivity contribution in [2.75, 3.05) is 13.1 Å². The molecule has 2 aromatic rings. The number of pyridine rings is 1. The lowest BCUT2D eigenvalue weighted by molar-refractivity contribution is -0.144. The van der Waals surface area contributed by atoms with Gasteiger partial charge in [-0.3, -0.25) is 14.6 Å². The third kappa shape index (κ3) is 5.35. The Morgan fingerprint density at radius 1 is 1.15 bits per heavy atom. The summed E-state index contributed by atoms with van der Waals surface area (Å²) in [6, 6.07) is 8.83. The summed E-state index contributed by atoms with van der Waals surface area (Å²) in [5, 5.41) is 0. The van der Waals surface area contributed by atoms with Gasteiger partial charge in [-0.2, -0.15) is 13.2 Å². The van der Waals surface area contributed by atoms with E-state index in [1.807, 2.05) is 24.0 Å². The number of hydrogen-bond acceptors (Lipinski definition) is 4. The molecular formula is C31H33F3N2O3.